The van der Waals surface area contributed by atoms with E-state index in [1.54, 1.807) is 47.3 Å². The molecule has 0 radical (unpaired) electrons. The second-order valence-corrected chi connectivity index (χ2v) is 7.21. The average molecular weight is 436 g/mol. The topological polar surface area (TPSA) is 85.1 Å². The molecule has 0 aliphatic rings. The van der Waals surface area contributed by atoms with Crippen molar-refractivity contribution in [1.29, 1.82) is 0 Å². The molecule has 0 aliphatic carbocycles. The van der Waals surface area contributed by atoms with Crippen LogP contribution in [-0.2, 0) is 4.79 Å². The summed E-state index contributed by atoms with van der Waals surface area (Å²) < 4.78 is 14.7. The van der Waals surface area contributed by atoms with Crippen LogP contribution in [0.3, 0.4) is 0 Å². The number of aromatic nitrogens is 5. The van der Waals surface area contributed by atoms with Crippen molar-refractivity contribution in [3.8, 4) is 22.6 Å². The third-order valence-electron chi connectivity index (χ3n) is 4.93. The zero-order valence-electron chi connectivity index (χ0n) is 17.3. The largest absolute Gasteiger partial charge is 0.323 e. The van der Waals surface area contributed by atoms with E-state index in [2.05, 4.69) is 25.6 Å². The lowest BCUT2D eigenvalue weighted by Crippen LogP contribution is -2.07. The first-order valence-corrected chi connectivity index (χ1v) is 10.1. The first-order chi connectivity index (χ1) is 16.2. The van der Waals surface area contributed by atoms with Crippen LogP contribution < -0.4 is 5.32 Å². The molecule has 8 heteroatoms. The minimum absolute atomic E-state index is 0.280. The lowest BCUT2D eigenvalue weighted by Gasteiger charge is -2.06. The van der Waals surface area contributed by atoms with E-state index in [9.17, 15) is 9.18 Å². The van der Waals surface area contributed by atoms with Crippen LogP contribution in [0.5, 0.6) is 0 Å². The molecule has 0 saturated heterocycles. The Hall–Kier alpha value is -4.72. The number of nitrogens with zero attached hydrogens (tertiary/aromatic N) is 5. The zero-order chi connectivity index (χ0) is 22.6. The lowest BCUT2D eigenvalue weighted by molar-refractivity contribution is -0.111. The summed E-state index contributed by atoms with van der Waals surface area (Å²) in [5.74, 6) is 0.0110. The number of anilines is 1. The van der Waals surface area contributed by atoms with Gasteiger partial charge >= 0.3 is 0 Å². The number of rotatable bonds is 5. The van der Waals surface area contributed by atoms with Crippen molar-refractivity contribution in [3.63, 3.8) is 0 Å². The number of benzene rings is 2. The Kier molecular flexibility index (Phi) is 5.38. The number of halogens is 1. The summed E-state index contributed by atoms with van der Waals surface area (Å²) in [5, 5.41) is 15.9. The van der Waals surface area contributed by atoms with Crippen molar-refractivity contribution in [2.24, 2.45) is 0 Å². The minimum Gasteiger partial charge on any atom is -0.323 e. The van der Waals surface area contributed by atoms with Crippen molar-refractivity contribution < 1.29 is 9.18 Å². The Balaban J connectivity index is 1.33. The first kappa shape index (κ1) is 20.2. The monoisotopic (exact) mass is 436 g/mol. The Morgan fingerprint density at radius 3 is 2.48 bits per heavy atom. The van der Waals surface area contributed by atoms with Crippen LogP contribution >= 0.6 is 0 Å². The second-order valence-electron chi connectivity index (χ2n) is 7.21. The SMILES string of the molecule is O=C(/C=C/c1ccc(F)cc1)Nc1ccc(-c2ccc3nnc(-c4cccnc4)n3n2)cc1. The molecule has 0 saturated carbocycles. The number of carbonyl (C=O) groups is 1. The van der Waals surface area contributed by atoms with Gasteiger partial charge in [-0.3, -0.25) is 9.78 Å². The van der Waals surface area contributed by atoms with E-state index in [1.165, 1.54) is 18.2 Å². The van der Waals surface area contributed by atoms with Crippen LogP contribution in [0.1, 0.15) is 5.56 Å². The molecule has 3 aromatic heterocycles. The Morgan fingerprint density at radius 1 is 0.909 bits per heavy atom. The van der Waals surface area contributed by atoms with E-state index < -0.39 is 0 Å². The van der Waals surface area contributed by atoms with Gasteiger partial charge in [0.25, 0.3) is 0 Å². The Morgan fingerprint density at radius 2 is 1.73 bits per heavy atom. The summed E-state index contributed by atoms with van der Waals surface area (Å²) in [6.45, 7) is 0. The molecular weight excluding hydrogens is 419 g/mol. The third kappa shape index (κ3) is 4.49. The molecule has 2 aromatic carbocycles. The van der Waals surface area contributed by atoms with Gasteiger partial charge in [0.1, 0.15) is 5.82 Å². The van der Waals surface area contributed by atoms with Crippen LogP contribution in [0, 0.1) is 5.82 Å². The van der Waals surface area contributed by atoms with Crippen molar-refractivity contribution >= 4 is 23.3 Å². The molecule has 5 rings (SSSR count). The number of carbonyl (C=O) groups excluding carboxylic acids is 1. The lowest BCUT2D eigenvalue weighted by atomic mass is 10.1. The molecule has 0 bridgehead atoms. The summed E-state index contributed by atoms with van der Waals surface area (Å²) in [7, 11) is 0. The van der Waals surface area contributed by atoms with E-state index in [1.807, 2.05) is 36.4 Å². The van der Waals surface area contributed by atoms with Crippen molar-refractivity contribution in [2.75, 3.05) is 5.32 Å². The molecule has 0 fully saturated rings. The number of pyridine rings is 1. The summed E-state index contributed by atoms with van der Waals surface area (Å²) in [4.78, 5) is 16.3. The maximum absolute atomic E-state index is 13.0. The van der Waals surface area contributed by atoms with E-state index in [-0.39, 0.29) is 11.7 Å². The first-order valence-electron chi connectivity index (χ1n) is 10.1. The molecule has 1 N–H and O–H groups in total. The minimum atomic E-state index is -0.317. The number of hydrogen-bond donors (Lipinski definition) is 1. The van der Waals surface area contributed by atoms with Gasteiger partial charge in [0.15, 0.2) is 11.5 Å². The molecule has 7 nitrogen and oxygen atoms in total. The van der Waals surface area contributed by atoms with Gasteiger partial charge in [-0.25, -0.2) is 4.39 Å². The van der Waals surface area contributed by atoms with E-state index in [0.717, 1.165) is 22.4 Å². The molecule has 0 unspecified atom stereocenters. The van der Waals surface area contributed by atoms with Crippen LogP contribution in [0.15, 0.2) is 91.3 Å². The molecule has 0 atom stereocenters. The highest BCUT2D eigenvalue weighted by molar-refractivity contribution is 6.02. The fourth-order valence-electron chi connectivity index (χ4n) is 3.27. The van der Waals surface area contributed by atoms with Crippen molar-refractivity contribution in [2.45, 2.75) is 0 Å². The van der Waals surface area contributed by atoms with E-state index >= 15 is 0 Å². The van der Waals surface area contributed by atoms with E-state index in [4.69, 9.17) is 0 Å². The molecule has 1 amide bonds. The number of hydrogen-bond acceptors (Lipinski definition) is 5. The summed E-state index contributed by atoms with van der Waals surface area (Å²) in [6, 6.07) is 20.7. The normalized spacial score (nSPS) is 11.2. The molecule has 33 heavy (non-hydrogen) atoms. The summed E-state index contributed by atoms with van der Waals surface area (Å²) in [6.07, 6.45) is 6.45. The fraction of sp³-hybridized carbons (Fsp3) is 0. The van der Waals surface area contributed by atoms with Gasteiger partial charge in [0.2, 0.25) is 5.91 Å². The summed E-state index contributed by atoms with van der Waals surface area (Å²) >= 11 is 0. The Bertz CT molecular complexity index is 1440. The van der Waals surface area contributed by atoms with Gasteiger partial charge in [-0.1, -0.05) is 24.3 Å². The van der Waals surface area contributed by atoms with Crippen molar-refractivity contribution in [3.05, 3.63) is 103 Å². The number of nitrogens with one attached hydrogen (secondary N) is 1. The number of fused-ring (bicyclic) bond motifs is 1. The highest BCUT2D eigenvalue weighted by Crippen LogP contribution is 2.22. The van der Waals surface area contributed by atoms with Gasteiger partial charge in [-0.2, -0.15) is 9.61 Å². The predicted molar refractivity (Wildman–Crippen MR) is 124 cm³/mol. The highest BCUT2D eigenvalue weighted by Gasteiger charge is 2.11. The molecular formula is C25H17FN6O. The standard InChI is InChI=1S/C25H17FN6O/c26-20-8-3-17(4-9-20)5-14-24(33)28-21-10-6-18(7-11-21)22-12-13-23-29-30-25(32(23)31-22)19-2-1-15-27-16-19/h1-16H,(H,28,33)/b14-5+. The predicted octanol–water partition coefficient (Wildman–Crippen LogP) is 4.64. The number of amides is 1. The van der Waals surface area contributed by atoms with Crippen LogP contribution in [0.25, 0.3) is 34.4 Å². The van der Waals surface area contributed by atoms with Gasteiger partial charge in [0.05, 0.1) is 5.69 Å². The fourth-order valence-corrected chi connectivity index (χ4v) is 3.27. The average Bonchev–Trinajstić information content (AvgIpc) is 3.28. The van der Waals surface area contributed by atoms with Crippen molar-refractivity contribution in [1.82, 2.24) is 24.8 Å². The van der Waals surface area contributed by atoms with Gasteiger partial charge in [-0.05, 0) is 60.2 Å². The maximum atomic E-state index is 13.0. The Labute approximate surface area is 188 Å². The third-order valence-corrected chi connectivity index (χ3v) is 4.93. The molecule has 5 aromatic rings. The van der Waals surface area contributed by atoms with Gasteiger partial charge in [-0.15, -0.1) is 10.2 Å². The molecule has 3 heterocycles. The molecule has 0 spiro atoms. The zero-order valence-corrected chi connectivity index (χ0v) is 17.3. The second kappa shape index (κ2) is 8.80. The summed E-state index contributed by atoms with van der Waals surface area (Å²) in [5.41, 5.74) is 4.46. The van der Waals surface area contributed by atoms with E-state index in [0.29, 0.717) is 17.2 Å². The van der Waals surface area contributed by atoms with Gasteiger partial charge in [0, 0.05) is 35.3 Å². The van der Waals surface area contributed by atoms with Crippen LogP contribution in [0.4, 0.5) is 10.1 Å². The molecule has 160 valence electrons. The quantitative estimate of drug-likeness (QED) is 0.406. The van der Waals surface area contributed by atoms with Crippen LogP contribution in [-0.4, -0.2) is 30.7 Å². The highest BCUT2D eigenvalue weighted by atomic mass is 19.1. The van der Waals surface area contributed by atoms with Crippen LogP contribution in [0.2, 0.25) is 0 Å². The smallest absolute Gasteiger partial charge is 0.248 e. The molecule has 0 aliphatic heterocycles. The van der Waals surface area contributed by atoms with Gasteiger partial charge < -0.3 is 5.32 Å². The maximum Gasteiger partial charge on any atom is 0.248 e.